The third-order valence-electron chi connectivity index (χ3n) is 3.17. The summed E-state index contributed by atoms with van der Waals surface area (Å²) in [7, 11) is 0. The largest absolute Gasteiger partial charge is 0.508 e. The molecule has 1 aromatic carbocycles. The highest BCUT2D eigenvalue weighted by atomic mass is 32.2. The predicted octanol–water partition coefficient (Wildman–Crippen LogP) is 4.16. The fourth-order valence-corrected chi connectivity index (χ4v) is 2.52. The molecule has 0 aliphatic carbocycles. The zero-order valence-corrected chi connectivity index (χ0v) is 13.1. The zero-order chi connectivity index (χ0) is 15.9. The third-order valence-corrected chi connectivity index (χ3v) is 3.88. The van der Waals surface area contributed by atoms with Crippen molar-refractivity contribution >= 4 is 11.8 Å². The smallest absolute Gasteiger partial charge is 0.284 e. The lowest BCUT2D eigenvalue weighted by atomic mass is 10.1. The van der Waals surface area contributed by atoms with Crippen molar-refractivity contribution < 1.29 is 18.3 Å². The van der Waals surface area contributed by atoms with Gasteiger partial charge in [0.15, 0.2) is 0 Å². The van der Waals surface area contributed by atoms with Gasteiger partial charge in [-0.15, -0.1) is 0 Å². The first-order valence-electron chi connectivity index (χ1n) is 7.01. The van der Waals surface area contributed by atoms with Crippen LogP contribution in [0, 0.1) is 0 Å². The molecule has 22 heavy (non-hydrogen) atoms. The van der Waals surface area contributed by atoms with Crippen molar-refractivity contribution in [1.29, 1.82) is 0 Å². The lowest BCUT2D eigenvalue weighted by Crippen LogP contribution is -2.27. The SMILES string of the molecule is CC(Cc1ccc(O)cc1)NCc1ccc(CSC(F)F)o1. The molecule has 0 spiro atoms. The van der Waals surface area contributed by atoms with Gasteiger partial charge in [0.05, 0.1) is 12.3 Å². The van der Waals surface area contributed by atoms with Gasteiger partial charge in [0.2, 0.25) is 0 Å². The summed E-state index contributed by atoms with van der Waals surface area (Å²) < 4.78 is 29.7. The van der Waals surface area contributed by atoms with Crippen molar-refractivity contribution in [3.8, 4) is 5.75 Å². The van der Waals surface area contributed by atoms with Crippen LogP contribution in [0.15, 0.2) is 40.8 Å². The van der Waals surface area contributed by atoms with Crippen molar-refractivity contribution in [3.05, 3.63) is 53.5 Å². The molecule has 0 bridgehead atoms. The Balaban J connectivity index is 1.76. The monoisotopic (exact) mass is 327 g/mol. The van der Waals surface area contributed by atoms with E-state index in [0.717, 1.165) is 17.7 Å². The molecule has 1 aromatic heterocycles. The van der Waals surface area contributed by atoms with Crippen molar-refractivity contribution in [2.24, 2.45) is 0 Å². The predicted molar refractivity (Wildman–Crippen MR) is 84.1 cm³/mol. The molecule has 1 atom stereocenters. The van der Waals surface area contributed by atoms with Crippen LogP contribution in [0.5, 0.6) is 5.75 Å². The normalized spacial score (nSPS) is 12.7. The second-order valence-electron chi connectivity index (χ2n) is 5.09. The summed E-state index contributed by atoms with van der Waals surface area (Å²) in [5.41, 5.74) is 1.13. The average molecular weight is 327 g/mol. The van der Waals surface area contributed by atoms with Crippen LogP contribution in [0.4, 0.5) is 8.78 Å². The minimum atomic E-state index is -2.38. The van der Waals surface area contributed by atoms with E-state index >= 15 is 0 Å². The summed E-state index contributed by atoms with van der Waals surface area (Å²) >= 11 is 0.557. The topological polar surface area (TPSA) is 45.4 Å². The Morgan fingerprint density at radius 2 is 1.82 bits per heavy atom. The highest BCUT2D eigenvalue weighted by Crippen LogP contribution is 2.21. The minimum absolute atomic E-state index is 0.181. The molecule has 120 valence electrons. The summed E-state index contributed by atoms with van der Waals surface area (Å²) in [6.45, 7) is 2.61. The van der Waals surface area contributed by atoms with E-state index < -0.39 is 5.76 Å². The van der Waals surface area contributed by atoms with E-state index in [0.29, 0.717) is 24.1 Å². The molecule has 0 aliphatic rings. The number of thioether (sulfide) groups is 1. The molecular formula is C16H19F2NO2S. The first-order chi connectivity index (χ1) is 10.5. The number of hydrogen-bond acceptors (Lipinski definition) is 4. The maximum Gasteiger partial charge on any atom is 0.284 e. The van der Waals surface area contributed by atoms with Gasteiger partial charge in [-0.3, -0.25) is 0 Å². The van der Waals surface area contributed by atoms with Crippen LogP contribution in [-0.2, 0) is 18.7 Å². The summed E-state index contributed by atoms with van der Waals surface area (Å²) in [5.74, 6) is -0.636. The Morgan fingerprint density at radius 1 is 1.14 bits per heavy atom. The number of hydrogen-bond donors (Lipinski definition) is 2. The maximum atomic E-state index is 12.1. The second kappa shape index (κ2) is 8.19. The Hall–Kier alpha value is -1.53. The van der Waals surface area contributed by atoms with E-state index in [1.165, 1.54) is 0 Å². The first kappa shape index (κ1) is 16.8. The molecule has 2 N–H and O–H groups in total. The van der Waals surface area contributed by atoms with E-state index in [-0.39, 0.29) is 17.5 Å². The molecule has 0 saturated heterocycles. The minimum Gasteiger partial charge on any atom is -0.508 e. The van der Waals surface area contributed by atoms with Crippen LogP contribution < -0.4 is 5.32 Å². The van der Waals surface area contributed by atoms with Gasteiger partial charge in [-0.2, -0.15) is 8.78 Å². The fourth-order valence-electron chi connectivity index (χ4n) is 2.07. The van der Waals surface area contributed by atoms with Crippen LogP contribution in [-0.4, -0.2) is 16.9 Å². The van der Waals surface area contributed by atoms with Crippen LogP contribution in [0.1, 0.15) is 24.0 Å². The van der Waals surface area contributed by atoms with E-state index in [9.17, 15) is 13.9 Å². The Morgan fingerprint density at radius 3 is 2.50 bits per heavy atom. The van der Waals surface area contributed by atoms with Gasteiger partial charge in [-0.1, -0.05) is 23.9 Å². The van der Waals surface area contributed by atoms with Gasteiger partial charge in [-0.25, -0.2) is 0 Å². The number of halogens is 2. The number of phenols is 1. The number of alkyl halides is 2. The molecule has 1 unspecified atom stereocenters. The Labute approximate surface area is 132 Å². The van der Waals surface area contributed by atoms with Crippen molar-refractivity contribution in [3.63, 3.8) is 0 Å². The zero-order valence-electron chi connectivity index (χ0n) is 12.3. The summed E-state index contributed by atoms with van der Waals surface area (Å²) in [5, 5.41) is 12.6. The van der Waals surface area contributed by atoms with E-state index in [1.807, 2.05) is 18.2 Å². The molecule has 1 heterocycles. The molecular weight excluding hydrogens is 308 g/mol. The van der Waals surface area contributed by atoms with Gasteiger partial charge in [0, 0.05) is 6.04 Å². The number of phenolic OH excluding ortho intramolecular Hbond substituents is 1. The molecule has 0 amide bonds. The van der Waals surface area contributed by atoms with E-state index in [1.54, 1.807) is 18.2 Å². The average Bonchev–Trinajstić information content (AvgIpc) is 2.93. The fraction of sp³-hybridized carbons (Fsp3) is 0.375. The second-order valence-corrected chi connectivity index (χ2v) is 6.07. The number of furan rings is 1. The molecule has 3 nitrogen and oxygen atoms in total. The van der Waals surface area contributed by atoms with Gasteiger partial charge in [0.1, 0.15) is 17.3 Å². The first-order valence-corrected chi connectivity index (χ1v) is 8.06. The highest BCUT2D eigenvalue weighted by molar-refractivity contribution is 7.98. The van der Waals surface area contributed by atoms with Gasteiger partial charge < -0.3 is 14.8 Å². The summed E-state index contributed by atoms with van der Waals surface area (Å²) in [4.78, 5) is 0. The van der Waals surface area contributed by atoms with Gasteiger partial charge >= 0.3 is 0 Å². The highest BCUT2D eigenvalue weighted by Gasteiger charge is 2.09. The standard InChI is InChI=1S/C16H19F2NO2S/c1-11(8-12-2-4-13(20)5-3-12)19-9-14-6-7-15(21-14)10-22-16(17)18/h2-7,11,16,19-20H,8-10H2,1H3. The Kier molecular flexibility index (Phi) is 6.27. The molecule has 2 aromatic rings. The number of nitrogens with one attached hydrogen (secondary N) is 1. The number of aromatic hydroxyl groups is 1. The lowest BCUT2D eigenvalue weighted by Gasteiger charge is -2.13. The number of rotatable bonds is 8. The number of benzene rings is 1. The van der Waals surface area contributed by atoms with Crippen LogP contribution >= 0.6 is 11.8 Å². The quantitative estimate of drug-likeness (QED) is 0.764. The lowest BCUT2D eigenvalue weighted by molar-refractivity contribution is 0.251. The molecule has 2 rings (SSSR count). The van der Waals surface area contributed by atoms with Crippen LogP contribution in [0.3, 0.4) is 0 Å². The van der Waals surface area contributed by atoms with Gasteiger partial charge in [0.25, 0.3) is 5.76 Å². The molecule has 0 saturated carbocycles. The van der Waals surface area contributed by atoms with Crippen molar-refractivity contribution in [1.82, 2.24) is 5.32 Å². The maximum absolute atomic E-state index is 12.1. The molecule has 0 fully saturated rings. The Bertz CT molecular complexity index is 572. The van der Waals surface area contributed by atoms with Crippen molar-refractivity contribution in [2.75, 3.05) is 0 Å². The molecule has 6 heteroatoms. The van der Waals surface area contributed by atoms with Crippen molar-refractivity contribution in [2.45, 2.75) is 37.4 Å². The summed E-state index contributed by atoms with van der Waals surface area (Å²) in [6, 6.07) is 10.9. The third kappa shape index (κ3) is 5.69. The summed E-state index contributed by atoms with van der Waals surface area (Å²) in [6.07, 6.45) is 0.828. The van der Waals surface area contributed by atoms with E-state index in [2.05, 4.69) is 12.2 Å². The van der Waals surface area contributed by atoms with E-state index in [4.69, 9.17) is 4.42 Å². The van der Waals surface area contributed by atoms with Crippen LogP contribution in [0.25, 0.3) is 0 Å². The molecule has 0 radical (unpaired) electrons. The molecule has 0 aliphatic heterocycles. The van der Waals surface area contributed by atoms with Gasteiger partial charge in [-0.05, 0) is 43.2 Å². The van der Waals surface area contributed by atoms with Crippen LogP contribution in [0.2, 0.25) is 0 Å².